The molecule has 1 unspecified atom stereocenters. The Balaban J connectivity index is 1.74. The second-order valence-corrected chi connectivity index (χ2v) is 5.27. The van der Waals surface area contributed by atoms with Crippen molar-refractivity contribution in [3.63, 3.8) is 0 Å². The van der Waals surface area contributed by atoms with Crippen molar-refractivity contribution in [1.29, 1.82) is 0 Å². The molecule has 1 atom stereocenters. The smallest absolute Gasteiger partial charge is 0.166 e. The van der Waals surface area contributed by atoms with Gasteiger partial charge in [0.25, 0.3) is 0 Å². The highest BCUT2D eigenvalue weighted by atomic mass is 35.5. The molecule has 106 valence electrons. The van der Waals surface area contributed by atoms with Gasteiger partial charge >= 0.3 is 0 Å². The third-order valence-corrected chi connectivity index (χ3v) is 3.73. The molecular weight excluding hydrogens is 284 g/mol. The van der Waals surface area contributed by atoms with E-state index in [4.69, 9.17) is 28.6 Å². The predicted molar refractivity (Wildman–Crippen MR) is 79.3 cm³/mol. The van der Waals surface area contributed by atoms with Crippen LogP contribution in [0, 0.1) is 0 Å². The first-order valence-electron chi connectivity index (χ1n) is 6.54. The third kappa shape index (κ3) is 4.06. The van der Waals surface area contributed by atoms with E-state index >= 15 is 0 Å². The molecule has 0 amide bonds. The first-order chi connectivity index (χ1) is 9.20. The fourth-order valence-corrected chi connectivity index (χ4v) is 2.44. The molecule has 1 saturated heterocycles. The molecular formula is C12H19ClN4OS. The number of ether oxygens (including phenoxy) is 1. The van der Waals surface area contributed by atoms with Crippen LogP contribution in [0.5, 0.6) is 0 Å². The number of nitrogens with one attached hydrogen (secondary N) is 2. The molecule has 7 heteroatoms. The van der Waals surface area contributed by atoms with Crippen LogP contribution in [0.4, 0.5) is 0 Å². The van der Waals surface area contributed by atoms with Crippen molar-refractivity contribution in [3.05, 3.63) is 16.9 Å². The highest BCUT2D eigenvalue weighted by Gasteiger charge is 2.15. The van der Waals surface area contributed by atoms with Gasteiger partial charge in [-0.05, 0) is 32.0 Å². The largest absolute Gasteiger partial charge is 0.376 e. The molecule has 5 nitrogen and oxygen atoms in total. The molecule has 1 aliphatic heterocycles. The Bertz CT molecular complexity index is 431. The van der Waals surface area contributed by atoms with E-state index in [1.54, 1.807) is 6.20 Å². The van der Waals surface area contributed by atoms with Gasteiger partial charge in [-0.15, -0.1) is 0 Å². The maximum atomic E-state index is 6.08. The normalized spacial score (nSPS) is 18.5. The lowest BCUT2D eigenvalue weighted by molar-refractivity contribution is 0.114. The van der Waals surface area contributed by atoms with Crippen molar-refractivity contribution < 1.29 is 4.74 Å². The van der Waals surface area contributed by atoms with Crippen molar-refractivity contribution in [2.75, 3.05) is 13.2 Å². The fourth-order valence-electron chi connectivity index (χ4n) is 2.07. The maximum Gasteiger partial charge on any atom is 0.166 e. The SMILES string of the molecule is CCn1ncc(Cl)c1CNC(=S)NCC1CCCO1. The standard InChI is InChI=1S/C12H19ClN4OS/c1-2-17-11(10(13)7-16-17)8-15-12(19)14-6-9-4-3-5-18-9/h7,9H,2-6,8H2,1H3,(H2,14,15,19). The zero-order chi connectivity index (χ0) is 13.7. The Morgan fingerprint density at radius 1 is 1.63 bits per heavy atom. The quantitative estimate of drug-likeness (QED) is 0.811. The van der Waals surface area contributed by atoms with E-state index in [0.29, 0.717) is 16.7 Å². The summed E-state index contributed by atoms with van der Waals surface area (Å²) >= 11 is 11.3. The van der Waals surface area contributed by atoms with Gasteiger partial charge in [0.05, 0.1) is 29.6 Å². The molecule has 1 fully saturated rings. The molecule has 1 aromatic rings. The van der Waals surface area contributed by atoms with Crippen LogP contribution in [-0.4, -0.2) is 34.1 Å². The summed E-state index contributed by atoms with van der Waals surface area (Å²) in [4.78, 5) is 0. The minimum absolute atomic E-state index is 0.282. The Hall–Kier alpha value is -0.850. The Morgan fingerprint density at radius 2 is 2.47 bits per heavy atom. The first-order valence-corrected chi connectivity index (χ1v) is 7.32. The molecule has 2 rings (SSSR count). The second-order valence-electron chi connectivity index (χ2n) is 4.45. The summed E-state index contributed by atoms with van der Waals surface area (Å²) in [6.07, 6.45) is 4.18. The average Bonchev–Trinajstić information content (AvgIpc) is 3.03. The second kappa shape index (κ2) is 7.07. The molecule has 1 aliphatic rings. The van der Waals surface area contributed by atoms with Crippen LogP contribution >= 0.6 is 23.8 Å². The van der Waals surface area contributed by atoms with Gasteiger partial charge in [-0.2, -0.15) is 5.10 Å². The summed E-state index contributed by atoms with van der Waals surface area (Å²) in [5.74, 6) is 0. The zero-order valence-electron chi connectivity index (χ0n) is 11.0. The van der Waals surface area contributed by atoms with Crippen LogP contribution in [0.2, 0.25) is 5.02 Å². The van der Waals surface area contributed by atoms with Crippen molar-refractivity contribution >= 4 is 28.9 Å². The van der Waals surface area contributed by atoms with Crippen molar-refractivity contribution in [2.45, 2.75) is 39.0 Å². The van der Waals surface area contributed by atoms with Crippen LogP contribution in [0.15, 0.2) is 6.20 Å². The van der Waals surface area contributed by atoms with Gasteiger partial charge in [0, 0.05) is 19.7 Å². The topological polar surface area (TPSA) is 51.1 Å². The Kier molecular flexibility index (Phi) is 5.42. The molecule has 2 heterocycles. The number of hydrogen-bond donors (Lipinski definition) is 2. The van der Waals surface area contributed by atoms with Gasteiger partial charge in [0.15, 0.2) is 5.11 Å². The Labute approximate surface area is 123 Å². The van der Waals surface area contributed by atoms with Gasteiger partial charge < -0.3 is 15.4 Å². The molecule has 0 bridgehead atoms. The average molecular weight is 303 g/mol. The molecule has 1 aromatic heterocycles. The van der Waals surface area contributed by atoms with Crippen molar-refractivity contribution in [2.24, 2.45) is 0 Å². The van der Waals surface area contributed by atoms with Gasteiger partial charge in [-0.3, -0.25) is 4.68 Å². The lowest BCUT2D eigenvalue weighted by Gasteiger charge is -2.14. The van der Waals surface area contributed by atoms with Crippen LogP contribution in [-0.2, 0) is 17.8 Å². The lowest BCUT2D eigenvalue weighted by Crippen LogP contribution is -2.39. The van der Waals surface area contributed by atoms with Crippen LogP contribution < -0.4 is 10.6 Å². The molecule has 0 saturated carbocycles. The Morgan fingerprint density at radius 3 is 3.16 bits per heavy atom. The minimum Gasteiger partial charge on any atom is -0.376 e. The predicted octanol–water partition coefficient (Wildman–Crippen LogP) is 1.70. The number of rotatable bonds is 5. The van der Waals surface area contributed by atoms with E-state index < -0.39 is 0 Å². The number of aryl methyl sites for hydroxylation is 1. The summed E-state index contributed by atoms with van der Waals surface area (Å²) in [7, 11) is 0. The number of aromatic nitrogens is 2. The molecule has 0 aromatic carbocycles. The molecule has 0 aliphatic carbocycles. The third-order valence-electron chi connectivity index (χ3n) is 3.13. The van der Waals surface area contributed by atoms with Crippen LogP contribution in [0.1, 0.15) is 25.5 Å². The lowest BCUT2D eigenvalue weighted by atomic mass is 10.2. The monoisotopic (exact) mass is 302 g/mol. The molecule has 0 spiro atoms. The van der Waals surface area contributed by atoms with Gasteiger partial charge in [0.2, 0.25) is 0 Å². The minimum atomic E-state index is 0.282. The van der Waals surface area contributed by atoms with E-state index in [1.165, 1.54) is 0 Å². The fraction of sp³-hybridized carbons (Fsp3) is 0.667. The molecule has 2 N–H and O–H groups in total. The highest BCUT2D eigenvalue weighted by molar-refractivity contribution is 7.80. The van der Waals surface area contributed by atoms with Gasteiger partial charge in [0.1, 0.15) is 0 Å². The molecule has 0 radical (unpaired) electrons. The zero-order valence-corrected chi connectivity index (χ0v) is 12.6. The number of hydrogen-bond acceptors (Lipinski definition) is 3. The summed E-state index contributed by atoms with van der Waals surface area (Å²) in [6, 6.07) is 0. The molecule has 19 heavy (non-hydrogen) atoms. The number of halogens is 1. The highest BCUT2D eigenvalue weighted by Crippen LogP contribution is 2.14. The number of nitrogens with zero attached hydrogens (tertiary/aromatic N) is 2. The van der Waals surface area contributed by atoms with Gasteiger partial charge in [-0.25, -0.2) is 0 Å². The van der Waals surface area contributed by atoms with E-state index in [2.05, 4.69) is 15.7 Å². The summed E-state index contributed by atoms with van der Waals surface area (Å²) in [6.45, 7) is 5.01. The van der Waals surface area contributed by atoms with E-state index in [-0.39, 0.29) is 6.10 Å². The summed E-state index contributed by atoms with van der Waals surface area (Å²) < 4.78 is 7.38. The first kappa shape index (κ1) is 14.6. The van der Waals surface area contributed by atoms with E-state index in [9.17, 15) is 0 Å². The number of thiocarbonyl (C=S) groups is 1. The van der Waals surface area contributed by atoms with E-state index in [0.717, 1.165) is 38.2 Å². The van der Waals surface area contributed by atoms with Crippen LogP contribution in [0.3, 0.4) is 0 Å². The summed E-state index contributed by atoms with van der Waals surface area (Å²) in [5, 5.41) is 11.8. The van der Waals surface area contributed by atoms with E-state index in [1.807, 2.05) is 11.6 Å². The van der Waals surface area contributed by atoms with Crippen LogP contribution in [0.25, 0.3) is 0 Å². The van der Waals surface area contributed by atoms with Crippen molar-refractivity contribution in [1.82, 2.24) is 20.4 Å². The maximum absolute atomic E-state index is 6.08. The van der Waals surface area contributed by atoms with Gasteiger partial charge in [-0.1, -0.05) is 11.6 Å². The van der Waals surface area contributed by atoms with Crippen molar-refractivity contribution in [3.8, 4) is 0 Å². The summed E-state index contributed by atoms with van der Waals surface area (Å²) in [5.41, 5.74) is 0.949.